The molecule has 3 aromatic rings. The summed E-state index contributed by atoms with van der Waals surface area (Å²) in [5.41, 5.74) is 16.2. The summed E-state index contributed by atoms with van der Waals surface area (Å²) in [5.74, 6) is -0.459. The Hall–Kier alpha value is -2.69. The van der Waals surface area contributed by atoms with Crippen LogP contribution in [0.2, 0.25) is 5.02 Å². The number of aromatic nitrogens is 1. The fourth-order valence-electron chi connectivity index (χ4n) is 2.78. The lowest BCUT2D eigenvalue weighted by Crippen LogP contribution is -2.12. The molecule has 126 valence electrons. The molecule has 4 nitrogen and oxygen atoms in total. The first-order chi connectivity index (χ1) is 12.1. The van der Waals surface area contributed by atoms with Crippen LogP contribution < -0.4 is 11.5 Å². The Bertz CT molecular complexity index is 910. The third-order valence-electron chi connectivity index (χ3n) is 4.03. The van der Waals surface area contributed by atoms with Crippen LogP contribution in [0.3, 0.4) is 0 Å². The average molecular weight is 352 g/mol. The maximum absolute atomic E-state index is 11.6. The summed E-state index contributed by atoms with van der Waals surface area (Å²) in [5, 5.41) is 0.619. The normalized spacial score (nSPS) is 10.6. The largest absolute Gasteiger partial charge is 0.366 e. The van der Waals surface area contributed by atoms with Crippen molar-refractivity contribution < 1.29 is 4.79 Å². The van der Waals surface area contributed by atoms with Crippen LogP contribution in [0.4, 0.5) is 0 Å². The molecule has 0 radical (unpaired) electrons. The summed E-state index contributed by atoms with van der Waals surface area (Å²) in [7, 11) is 0. The molecule has 3 rings (SSSR count). The van der Waals surface area contributed by atoms with Crippen molar-refractivity contribution in [3.8, 4) is 22.4 Å². The molecule has 25 heavy (non-hydrogen) atoms. The summed E-state index contributed by atoms with van der Waals surface area (Å²) in [6.45, 7) is 0.517. The second-order valence-corrected chi connectivity index (χ2v) is 6.09. The van der Waals surface area contributed by atoms with Crippen molar-refractivity contribution in [3.63, 3.8) is 0 Å². The Morgan fingerprint density at radius 1 is 1.04 bits per heavy atom. The van der Waals surface area contributed by atoms with Gasteiger partial charge < -0.3 is 11.5 Å². The van der Waals surface area contributed by atoms with E-state index in [1.165, 1.54) is 0 Å². The molecule has 0 saturated heterocycles. The average Bonchev–Trinajstić information content (AvgIpc) is 2.63. The van der Waals surface area contributed by atoms with Gasteiger partial charge in [0.05, 0.1) is 5.69 Å². The predicted molar refractivity (Wildman–Crippen MR) is 101 cm³/mol. The smallest absolute Gasteiger partial charge is 0.248 e. The number of nitrogens with two attached hydrogens (primary N) is 2. The first kappa shape index (κ1) is 17.1. The Labute approximate surface area is 151 Å². The summed E-state index contributed by atoms with van der Waals surface area (Å²) in [6, 6.07) is 16.9. The molecule has 4 N–H and O–H groups in total. The van der Waals surface area contributed by atoms with Crippen LogP contribution >= 0.6 is 11.6 Å². The van der Waals surface area contributed by atoms with Crippen LogP contribution in [0.25, 0.3) is 22.4 Å². The number of hydrogen-bond donors (Lipinski definition) is 2. The van der Waals surface area contributed by atoms with E-state index in [4.69, 9.17) is 23.1 Å². The molecule has 1 aromatic heterocycles. The van der Waals surface area contributed by atoms with Gasteiger partial charge in [-0.2, -0.15) is 0 Å². The van der Waals surface area contributed by atoms with Crippen molar-refractivity contribution in [2.75, 3.05) is 6.54 Å². The van der Waals surface area contributed by atoms with Crippen LogP contribution in [0.5, 0.6) is 0 Å². The number of hydrogen-bond acceptors (Lipinski definition) is 3. The van der Waals surface area contributed by atoms with E-state index in [1.54, 1.807) is 18.3 Å². The van der Waals surface area contributed by atoms with Crippen molar-refractivity contribution in [1.29, 1.82) is 0 Å². The molecular weight excluding hydrogens is 334 g/mol. The molecule has 2 aromatic carbocycles. The highest BCUT2D eigenvalue weighted by Crippen LogP contribution is 2.33. The molecule has 0 aliphatic rings. The highest BCUT2D eigenvalue weighted by atomic mass is 35.5. The second-order valence-electron chi connectivity index (χ2n) is 5.68. The van der Waals surface area contributed by atoms with Gasteiger partial charge in [0, 0.05) is 22.3 Å². The monoisotopic (exact) mass is 351 g/mol. The third-order valence-corrected chi connectivity index (χ3v) is 4.36. The molecule has 0 aliphatic heterocycles. The Balaban J connectivity index is 2.16. The minimum absolute atomic E-state index is 0.459. The molecule has 0 saturated carbocycles. The topological polar surface area (TPSA) is 82.0 Å². The van der Waals surface area contributed by atoms with Crippen molar-refractivity contribution in [2.24, 2.45) is 11.5 Å². The van der Waals surface area contributed by atoms with Gasteiger partial charge in [0.25, 0.3) is 0 Å². The minimum Gasteiger partial charge on any atom is -0.366 e. The summed E-state index contributed by atoms with van der Waals surface area (Å²) < 4.78 is 0. The zero-order chi connectivity index (χ0) is 17.8. The summed E-state index contributed by atoms with van der Waals surface area (Å²) in [6.07, 6.45) is 2.43. The number of primary amides is 1. The van der Waals surface area contributed by atoms with Crippen LogP contribution in [0.1, 0.15) is 15.9 Å². The maximum atomic E-state index is 11.6. The fourth-order valence-corrected chi connectivity index (χ4v) is 3.00. The lowest BCUT2D eigenvalue weighted by Gasteiger charge is -2.13. The van der Waals surface area contributed by atoms with Gasteiger partial charge in [0.15, 0.2) is 0 Å². The second kappa shape index (κ2) is 7.47. The first-order valence-corrected chi connectivity index (χ1v) is 8.32. The van der Waals surface area contributed by atoms with Crippen molar-refractivity contribution in [2.45, 2.75) is 6.42 Å². The number of pyridine rings is 1. The van der Waals surface area contributed by atoms with Crippen molar-refractivity contribution in [3.05, 3.63) is 76.9 Å². The zero-order valence-corrected chi connectivity index (χ0v) is 14.3. The number of benzene rings is 2. The van der Waals surface area contributed by atoms with Gasteiger partial charge in [0.2, 0.25) is 5.91 Å². The first-order valence-electron chi connectivity index (χ1n) is 7.94. The molecule has 0 bridgehead atoms. The van der Waals surface area contributed by atoms with E-state index < -0.39 is 5.91 Å². The minimum atomic E-state index is -0.459. The molecule has 0 spiro atoms. The van der Waals surface area contributed by atoms with Gasteiger partial charge in [-0.25, -0.2) is 0 Å². The van der Waals surface area contributed by atoms with Crippen LogP contribution in [-0.2, 0) is 6.42 Å². The standard InChI is InChI=1S/C20H18ClN3O/c21-18-7-6-14(11-17(18)19-3-1-2-10-24-19)16-12-15(20(23)25)5-4-13(16)8-9-22/h1-7,10-12H,8-9,22H2,(H2,23,25). The van der Waals surface area contributed by atoms with Gasteiger partial charge in [-0.1, -0.05) is 29.8 Å². The third kappa shape index (κ3) is 3.71. The molecule has 5 heteroatoms. The van der Waals surface area contributed by atoms with E-state index in [1.807, 2.05) is 42.5 Å². The number of halogens is 1. The number of rotatable bonds is 5. The van der Waals surface area contributed by atoms with Crippen LogP contribution in [-0.4, -0.2) is 17.4 Å². The highest BCUT2D eigenvalue weighted by Gasteiger charge is 2.12. The molecule has 1 amide bonds. The number of carbonyl (C=O) groups excluding carboxylic acids is 1. The lowest BCUT2D eigenvalue weighted by atomic mass is 9.93. The molecule has 0 fully saturated rings. The quantitative estimate of drug-likeness (QED) is 0.735. The Morgan fingerprint density at radius 3 is 2.56 bits per heavy atom. The molecule has 0 atom stereocenters. The molecule has 1 heterocycles. The van der Waals surface area contributed by atoms with Crippen molar-refractivity contribution in [1.82, 2.24) is 4.98 Å². The SMILES string of the molecule is NCCc1ccc(C(N)=O)cc1-c1ccc(Cl)c(-c2ccccn2)c1. The van der Waals surface area contributed by atoms with E-state index in [0.717, 1.165) is 27.9 Å². The summed E-state index contributed by atoms with van der Waals surface area (Å²) >= 11 is 6.37. The van der Waals surface area contributed by atoms with E-state index in [9.17, 15) is 4.79 Å². The number of carbonyl (C=O) groups is 1. The fraction of sp³-hybridized carbons (Fsp3) is 0.100. The zero-order valence-electron chi connectivity index (χ0n) is 13.6. The van der Waals surface area contributed by atoms with Gasteiger partial charge in [-0.3, -0.25) is 9.78 Å². The number of nitrogens with zero attached hydrogens (tertiary/aromatic N) is 1. The van der Waals surface area contributed by atoms with Gasteiger partial charge in [-0.05, 0) is 66.1 Å². The lowest BCUT2D eigenvalue weighted by molar-refractivity contribution is 0.100. The molecular formula is C20H18ClN3O. The van der Waals surface area contributed by atoms with Gasteiger partial charge in [0.1, 0.15) is 0 Å². The maximum Gasteiger partial charge on any atom is 0.248 e. The van der Waals surface area contributed by atoms with Gasteiger partial charge >= 0.3 is 0 Å². The number of amides is 1. The summed E-state index contributed by atoms with van der Waals surface area (Å²) in [4.78, 5) is 15.9. The van der Waals surface area contributed by atoms with Gasteiger partial charge in [-0.15, -0.1) is 0 Å². The van der Waals surface area contributed by atoms with E-state index in [0.29, 0.717) is 23.6 Å². The Kier molecular flexibility index (Phi) is 5.12. The van der Waals surface area contributed by atoms with E-state index >= 15 is 0 Å². The van der Waals surface area contributed by atoms with Crippen LogP contribution in [0.15, 0.2) is 60.8 Å². The Morgan fingerprint density at radius 2 is 1.88 bits per heavy atom. The van der Waals surface area contributed by atoms with Crippen molar-refractivity contribution >= 4 is 17.5 Å². The highest BCUT2D eigenvalue weighted by molar-refractivity contribution is 6.33. The molecule has 0 unspecified atom stereocenters. The van der Waals surface area contributed by atoms with E-state index in [-0.39, 0.29) is 0 Å². The molecule has 0 aliphatic carbocycles. The van der Waals surface area contributed by atoms with Crippen LogP contribution in [0, 0.1) is 0 Å². The predicted octanol–water partition coefficient (Wildman–Crippen LogP) is 3.67. The van der Waals surface area contributed by atoms with E-state index in [2.05, 4.69) is 4.98 Å².